The Morgan fingerprint density at radius 1 is 1.15 bits per heavy atom. The van der Waals surface area contributed by atoms with Crippen LogP contribution in [0.15, 0.2) is 63.2 Å². The van der Waals surface area contributed by atoms with Gasteiger partial charge in [0.2, 0.25) is 5.91 Å². The Bertz CT molecular complexity index is 1040. The zero-order valence-corrected chi connectivity index (χ0v) is 16.3. The fraction of sp³-hybridized carbons (Fsp3) is 0.105. The Kier molecular flexibility index (Phi) is 4.65. The van der Waals surface area contributed by atoms with Gasteiger partial charge in [0.25, 0.3) is 0 Å². The quantitative estimate of drug-likeness (QED) is 0.476. The van der Waals surface area contributed by atoms with Gasteiger partial charge in [-0.2, -0.15) is 5.10 Å². The number of rotatable bonds is 3. The molecule has 0 spiro atoms. The third-order valence-corrected chi connectivity index (χ3v) is 5.61. The molecule has 0 saturated carbocycles. The molecule has 26 heavy (non-hydrogen) atoms. The molecular weight excluding hydrogens is 412 g/mol. The van der Waals surface area contributed by atoms with Crippen molar-refractivity contribution in [2.75, 3.05) is 0 Å². The summed E-state index contributed by atoms with van der Waals surface area (Å²) in [6.07, 6.45) is 1.74. The summed E-state index contributed by atoms with van der Waals surface area (Å²) in [5.41, 5.74) is 4.06. The van der Waals surface area contributed by atoms with Gasteiger partial charge < -0.3 is 10.3 Å². The van der Waals surface area contributed by atoms with Crippen LogP contribution in [0.1, 0.15) is 12.5 Å². The van der Waals surface area contributed by atoms with E-state index in [1.807, 2.05) is 49.4 Å². The summed E-state index contributed by atoms with van der Waals surface area (Å²) in [7, 11) is 0. The molecule has 1 aromatic heterocycles. The number of benzene rings is 2. The number of fused-ring (bicyclic) bond motifs is 1. The number of nitrogens with one attached hydrogen (secondary N) is 2. The van der Waals surface area contributed by atoms with Crippen molar-refractivity contribution in [1.82, 2.24) is 10.3 Å². The highest BCUT2D eigenvalue weighted by Crippen LogP contribution is 2.30. The minimum Gasteiger partial charge on any atom is -0.354 e. The summed E-state index contributed by atoms with van der Waals surface area (Å²) in [6, 6.07) is 16.2. The van der Waals surface area contributed by atoms with Crippen molar-refractivity contribution in [2.45, 2.75) is 12.2 Å². The van der Waals surface area contributed by atoms with Gasteiger partial charge in [-0.05, 0) is 30.7 Å². The molecule has 130 valence electrons. The number of para-hydroxylation sites is 1. The number of H-pyrrole nitrogens is 1. The lowest BCUT2D eigenvalue weighted by Crippen LogP contribution is -2.23. The molecule has 1 unspecified atom stereocenters. The Morgan fingerprint density at radius 2 is 1.92 bits per heavy atom. The molecule has 0 radical (unpaired) electrons. The molecule has 4 rings (SSSR count). The van der Waals surface area contributed by atoms with Crippen molar-refractivity contribution in [1.29, 1.82) is 0 Å². The summed E-state index contributed by atoms with van der Waals surface area (Å²) in [5.74, 6) is -0.0356. The Morgan fingerprint density at radius 3 is 2.65 bits per heavy atom. The zero-order chi connectivity index (χ0) is 18.1. The van der Waals surface area contributed by atoms with Gasteiger partial charge in [-0.3, -0.25) is 4.79 Å². The third-order valence-electron chi connectivity index (χ3n) is 4.10. The first-order chi connectivity index (χ1) is 12.6. The molecule has 0 bridgehead atoms. The van der Waals surface area contributed by atoms with Gasteiger partial charge in [0, 0.05) is 20.9 Å². The number of amidine groups is 1. The molecule has 1 amide bonds. The maximum absolute atomic E-state index is 11.5. The maximum atomic E-state index is 11.5. The molecule has 1 aliphatic heterocycles. The number of carbonyl (C=O) groups excluding carboxylic acids is 1. The first-order valence-corrected chi connectivity index (χ1v) is 9.74. The smallest absolute Gasteiger partial charge is 0.239 e. The molecular formula is C19H15BrN4OS. The Labute approximate surface area is 163 Å². The van der Waals surface area contributed by atoms with Crippen LogP contribution in [0, 0.1) is 0 Å². The first kappa shape index (κ1) is 17.1. The predicted molar refractivity (Wildman–Crippen MR) is 112 cm³/mol. The number of hydrogen-bond acceptors (Lipinski definition) is 4. The molecule has 0 aliphatic carbocycles. The van der Waals surface area contributed by atoms with Crippen LogP contribution in [0.25, 0.3) is 22.2 Å². The van der Waals surface area contributed by atoms with Gasteiger partial charge in [0.1, 0.15) is 0 Å². The van der Waals surface area contributed by atoms with Gasteiger partial charge in [-0.1, -0.05) is 58.0 Å². The van der Waals surface area contributed by atoms with Crippen molar-refractivity contribution >= 4 is 55.9 Å². The van der Waals surface area contributed by atoms with E-state index in [-0.39, 0.29) is 11.2 Å². The average Bonchev–Trinajstić information content (AvgIpc) is 3.16. The van der Waals surface area contributed by atoms with E-state index in [0.29, 0.717) is 5.17 Å². The summed E-state index contributed by atoms with van der Waals surface area (Å²) in [4.78, 5) is 15.0. The molecule has 1 aliphatic rings. The second-order valence-electron chi connectivity index (χ2n) is 5.87. The highest BCUT2D eigenvalue weighted by atomic mass is 79.9. The van der Waals surface area contributed by atoms with Crippen LogP contribution < -0.4 is 5.32 Å². The summed E-state index contributed by atoms with van der Waals surface area (Å²) in [6.45, 7) is 1.84. The van der Waals surface area contributed by atoms with Crippen LogP contribution in [0.2, 0.25) is 0 Å². The number of nitrogens with zero attached hydrogens (tertiary/aromatic N) is 2. The molecule has 1 fully saturated rings. The number of hydrogen-bond donors (Lipinski definition) is 2. The minimum atomic E-state index is -0.129. The lowest BCUT2D eigenvalue weighted by atomic mass is 10.1. The minimum absolute atomic E-state index is 0.0356. The number of aromatic nitrogens is 1. The van der Waals surface area contributed by atoms with Gasteiger partial charge >= 0.3 is 0 Å². The number of aromatic amines is 1. The summed E-state index contributed by atoms with van der Waals surface area (Å²) in [5, 5.41) is 12.6. The molecule has 1 saturated heterocycles. The number of carbonyl (C=O) groups is 1. The zero-order valence-electron chi connectivity index (χ0n) is 13.9. The Hall–Kier alpha value is -2.38. The van der Waals surface area contributed by atoms with E-state index in [4.69, 9.17) is 0 Å². The van der Waals surface area contributed by atoms with Crippen molar-refractivity contribution in [3.63, 3.8) is 0 Å². The number of halogens is 1. The molecule has 3 aromatic rings. The van der Waals surface area contributed by atoms with Crippen LogP contribution in [0.3, 0.4) is 0 Å². The number of thioether (sulfide) groups is 1. The molecule has 2 N–H and O–H groups in total. The van der Waals surface area contributed by atoms with Crippen LogP contribution in [-0.4, -0.2) is 27.5 Å². The van der Waals surface area contributed by atoms with Gasteiger partial charge in [0.05, 0.1) is 17.2 Å². The monoisotopic (exact) mass is 426 g/mol. The second-order valence-corrected chi connectivity index (χ2v) is 8.11. The SMILES string of the molecule is CC1S/C(=N\N=C\c2c(-c3ccc(Br)cc3)[nH]c3ccccc23)NC1=O. The van der Waals surface area contributed by atoms with Gasteiger partial charge in [0.15, 0.2) is 5.17 Å². The molecule has 2 heterocycles. The fourth-order valence-electron chi connectivity index (χ4n) is 2.79. The highest BCUT2D eigenvalue weighted by Gasteiger charge is 2.25. The lowest BCUT2D eigenvalue weighted by molar-refractivity contribution is -0.118. The second kappa shape index (κ2) is 7.09. The van der Waals surface area contributed by atoms with Crippen LogP contribution >= 0.6 is 27.7 Å². The van der Waals surface area contributed by atoms with Crippen molar-refractivity contribution in [3.8, 4) is 11.3 Å². The topological polar surface area (TPSA) is 69.6 Å². The van der Waals surface area contributed by atoms with Crippen LogP contribution in [0.5, 0.6) is 0 Å². The normalized spacial score (nSPS) is 18.9. The average molecular weight is 427 g/mol. The van der Waals surface area contributed by atoms with E-state index >= 15 is 0 Å². The van der Waals surface area contributed by atoms with Crippen molar-refractivity contribution in [2.24, 2.45) is 10.2 Å². The van der Waals surface area contributed by atoms with Crippen LogP contribution in [0.4, 0.5) is 0 Å². The van der Waals surface area contributed by atoms with E-state index in [9.17, 15) is 4.79 Å². The molecule has 1 atom stereocenters. The maximum Gasteiger partial charge on any atom is 0.239 e. The summed E-state index contributed by atoms with van der Waals surface area (Å²) >= 11 is 4.85. The Balaban J connectivity index is 1.74. The standard InChI is InChI=1S/C19H15BrN4OS/c1-11-18(25)23-19(26-11)24-21-10-15-14-4-2-3-5-16(14)22-17(15)12-6-8-13(20)9-7-12/h2-11,22H,1H3,(H,23,24,25)/b21-10+. The van der Waals surface area contributed by atoms with Crippen molar-refractivity contribution in [3.05, 3.63) is 58.6 Å². The molecule has 2 aromatic carbocycles. The molecule has 5 nitrogen and oxygen atoms in total. The highest BCUT2D eigenvalue weighted by molar-refractivity contribution is 9.10. The van der Waals surface area contributed by atoms with E-state index < -0.39 is 0 Å². The third kappa shape index (κ3) is 3.32. The summed E-state index contributed by atoms with van der Waals surface area (Å²) < 4.78 is 1.03. The predicted octanol–water partition coefficient (Wildman–Crippen LogP) is 4.54. The largest absolute Gasteiger partial charge is 0.354 e. The van der Waals surface area contributed by atoms with Crippen LogP contribution in [-0.2, 0) is 4.79 Å². The molecule has 7 heteroatoms. The lowest BCUT2D eigenvalue weighted by Gasteiger charge is -2.01. The van der Waals surface area contributed by atoms with Gasteiger partial charge in [-0.15, -0.1) is 5.10 Å². The van der Waals surface area contributed by atoms with Gasteiger partial charge in [-0.25, -0.2) is 0 Å². The van der Waals surface area contributed by atoms with E-state index in [1.54, 1.807) is 6.21 Å². The first-order valence-electron chi connectivity index (χ1n) is 8.07. The van der Waals surface area contributed by atoms with E-state index in [2.05, 4.69) is 42.5 Å². The van der Waals surface area contributed by atoms with Crippen molar-refractivity contribution < 1.29 is 4.79 Å². The number of amides is 1. The van der Waals surface area contributed by atoms with E-state index in [1.165, 1.54) is 11.8 Å². The van der Waals surface area contributed by atoms with E-state index in [0.717, 1.165) is 32.2 Å². The fourth-order valence-corrected chi connectivity index (χ4v) is 3.81.